The van der Waals surface area contributed by atoms with Gasteiger partial charge < -0.3 is 5.32 Å². The number of nitro benzene ring substituents is 2. The van der Waals surface area contributed by atoms with Crippen molar-refractivity contribution in [2.45, 2.75) is 6.92 Å². The maximum atomic E-state index is 11.4. The second kappa shape index (κ2) is 5.85. The molecule has 2 aromatic carbocycles. The van der Waals surface area contributed by atoms with E-state index in [9.17, 15) is 20.2 Å². The minimum atomic E-state index is -0.620. The Hall–Kier alpha value is -3.08. The Balaban J connectivity index is 2.14. The molecular weight excluding hydrogens is 386 g/mol. The highest BCUT2D eigenvalue weighted by molar-refractivity contribution is 9.10. The lowest BCUT2D eigenvalue weighted by atomic mass is 10.1. The van der Waals surface area contributed by atoms with Gasteiger partial charge >= 0.3 is 5.69 Å². The highest BCUT2D eigenvalue weighted by Gasteiger charge is 2.24. The van der Waals surface area contributed by atoms with Crippen LogP contribution in [0.1, 0.15) is 5.56 Å². The van der Waals surface area contributed by atoms with Gasteiger partial charge in [0.05, 0.1) is 15.5 Å². The van der Waals surface area contributed by atoms with E-state index in [0.717, 1.165) is 0 Å². The molecule has 24 heavy (non-hydrogen) atoms. The summed E-state index contributed by atoms with van der Waals surface area (Å²) in [7, 11) is 0. The Kier molecular flexibility index (Phi) is 3.85. The normalized spacial score (nSPS) is 10.8. The first-order valence-electron chi connectivity index (χ1n) is 6.49. The van der Waals surface area contributed by atoms with Gasteiger partial charge in [0.1, 0.15) is 11.2 Å². The summed E-state index contributed by atoms with van der Waals surface area (Å²) in [6, 6.07) is 5.79. The van der Waals surface area contributed by atoms with Gasteiger partial charge in [0.15, 0.2) is 0 Å². The number of hydrogen-bond donors (Lipinski definition) is 1. The summed E-state index contributed by atoms with van der Waals surface area (Å²) in [5.41, 5.74) is 0.677. The molecule has 11 heteroatoms. The Morgan fingerprint density at radius 3 is 2.54 bits per heavy atom. The van der Waals surface area contributed by atoms with E-state index < -0.39 is 9.85 Å². The number of benzene rings is 2. The van der Waals surface area contributed by atoms with Crippen molar-refractivity contribution >= 4 is 49.7 Å². The maximum Gasteiger partial charge on any atom is 0.323 e. The lowest BCUT2D eigenvalue weighted by molar-refractivity contribution is -0.385. The first kappa shape index (κ1) is 15.8. The summed E-state index contributed by atoms with van der Waals surface area (Å²) in [4.78, 5) is 21.3. The van der Waals surface area contributed by atoms with Crippen LogP contribution in [0.25, 0.3) is 11.0 Å². The molecule has 0 fully saturated rings. The number of hydrogen-bond acceptors (Lipinski definition) is 8. The minimum Gasteiger partial charge on any atom is -0.349 e. The molecule has 1 N–H and O–H groups in total. The molecule has 1 heterocycles. The maximum absolute atomic E-state index is 11.4. The van der Waals surface area contributed by atoms with E-state index >= 15 is 0 Å². The summed E-state index contributed by atoms with van der Waals surface area (Å²) in [6.45, 7) is 1.60. The second-order valence-corrected chi connectivity index (χ2v) is 5.71. The zero-order valence-corrected chi connectivity index (χ0v) is 13.6. The van der Waals surface area contributed by atoms with Crippen LogP contribution in [0.15, 0.2) is 33.4 Å². The second-order valence-electron chi connectivity index (χ2n) is 4.85. The van der Waals surface area contributed by atoms with Crippen LogP contribution >= 0.6 is 15.9 Å². The molecule has 0 bridgehead atoms. The van der Waals surface area contributed by atoms with E-state index in [1.165, 1.54) is 18.2 Å². The number of aryl methyl sites for hydroxylation is 1. The van der Waals surface area contributed by atoms with Crippen LogP contribution in [0.2, 0.25) is 0 Å². The van der Waals surface area contributed by atoms with Gasteiger partial charge in [-0.1, -0.05) is 0 Å². The lowest BCUT2D eigenvalue weighted by Gasteiger charge is -2.10. The number of anilines is 2. The molecule has 0 spiro atoms. The van der Waals surface area contributed by atoms with Crippen LogP contribution in [0.3, 0.4) is 0 Å². The van der Waals surface area contributed by atoms with Crippen molar-refractivity contribution in [1.82, 2.24) is 10.3 Å². The van der Waals surface area contributed by atoms with Gasteiger partial charge in [-0.3, -0.25) is 20.2 Å². The van der Waals surface area contributed by atoms with Crippen LogP contribution in [0, 0.1) is 27.2 Å². The lowest BCUT2D eigenvalue weighted by Crippen LogP contribution is -2.00. The number of aromatic nitrogens is 2. The zero-order chi connectivity index (χ0) is 17.4. The monoisotopic (exact) mass is 393 g/mol. The zero-order valence-electron chi connectivity index (χ0n) is 12.0. The first-order valence-corrected chi connectivity index (χ1v) is 7.29. The van der Waals surface area contributed by atoms with Crippen molar-refractivity contribution < 1.29 is 14.5 Å². The fourth-order valence-corrected chi connectivity index (χ4v) is 2.78. The number of nitrogens with one attached hydrogen (secondary N) is 1. The number of nitrogens with zero attached hydrogens (tertiary/aromatic N) is 4. The largest absolute Gasteiger partial charge is 0.349 e. The summed E-state index contributed by atoms with van der Waals surface area (Å²) in [5.74, 6) is 0. The Morgan fingerprint density at radius 1 is 1.12 bits per heavy atom. The smallest absolute Gasteiger partial charge is 0.323 e. The predicted octanol–water partition coefficient (Wildman–Crippen LogP) is 3.85. The van der Waals surface area contributed by atoms with Crippen LogP contribution in [-0.4, -0.2) is 20.2 Å². The molecule has 3 rings (SSSR count). The molecule has 10 nitrogen and oxygen atoms in total. The van der Waals surface area contributed by atoms with Gasteiger partial charge in [0.25, 0.3) is 5.69 Å². The highest BCUT2D eigenvalue weighted by atomic mass is 79.9. The summed E-state index contributed by atoms with van der Waals surface area (Å²) >= 11 is 3.29. The SMILES string of the molecule is Cc1cc(Br)c(Nc2ccc3nonc3c2[N+](=O)[O-])cc1[N+](=O)[O-]. The molecule has 0 atom stereocenters. The molecular formula is C13H8BrN5O5. The van der Waals surface area contributed by atoms with Gasteiger partial charge in [-0.25, -0.2) is 4.63 Å². The van der Waals surface area contributed by atoms with E-state index in [1.54, 1.807) is 13.0 Å². The van der Waals surface area contributed by atoms with Gasteiger partial charge in [-0.15, -0.1) is 0 Å². The standard InChI is InChI=1S/C13H8BrN5O5/c1-6-4-7(14)10(5-11(6)18(20)21)15-9-3-2-8-12(17-24-16-8)13(9)19(22)23/h2-5,15H,1H3. The molecule has 0 aliphatic heterocycles. The quantitative estimate of drug-likeness (QED) is 0.520. The topological polar surface area (TPSA) is 137 Å². The summed E-state index contributed by atoms with van der Waals surface area (Å²) in [6.07, 6.45) is 0. The Bertz CT molecular complexity index is 986. The average Bonchev–Trinajstić information content (AvgIpc) is 2.97. The van der Waals surface area contributed by atoms with Crippen LogP contribution in [-0.2, 0) is 0 Å². The molecule has 0 aliphatic rings. The van der Waals surface area contributed by atoms with E-state index in [4.69, 9.17) is 0 Å². The third-order valence-electron chi connectivity index (χ3n) is 3.34. The Labute approximate surface area is 141 Å². The average molecular weight is 394 g/mol. The molecule has 0 saturated carbocycles. The van der Waals surface area contributed by atoms with Crippen molar-refractivity contribution in [1.29, 1.82) is 0 Å². The van der Waals surface area contributed by atoms with Crippen LogP contribution in [0.5, 0.6) is 0 Å². The van der Waals surface area contributed by atoms with E-state index in [2.05, 4.69) is 36.2 Å². The fourth-order valence-electron chi connectivity index (χ4n) is 2.22. The van der Waals surface area contributed by atoms with Crippen molar-refractivity contribution in [3.05, 3.63) is 54.5 Å². The van der Waals surface area contributed by atoms with Crippen molar-refractivity contribution in [2.75, 3.05) is 5.32 Å². The molecule has 0 amide bonds. The Morgan fingerprint density at radius 2 is 1.88 bits per heavy atom. The van der Waals surface area contributed by atoms with Gasteiger partial charge in [0.2, 0.25) is 5.52 Å². The van der Waals surface area contributed by atoms with E-state index in [-0.39, 0.29) is 28.1 Å². The number of rotatable bonds is 4. The molecule has 0 radical (unpaired) electrons. The fraction of sp³-hybridized carbons (Fsp3) is 0.0769. The van der Waals surface area contributed by atoms with Crippen molar-refractivity contribution in [3.63, 3.8) is 0 Å². The van der Waals surface area contributed by atoms with Crippen LogP contribution < -0.4 is 5.32 Å². The molecule has 122 valence electrons. The van der Waals surface area contributed by atoms with E-state index in [0.29, 0.717) is 15.7 Å². The third-order valence-corrected chi connectivity index (χ3v) is 3.99. The molecule has 0 unspecified atom stereocenters. The molecule has 1 aromatic heterocycles. The van der Waals surface area contributed by atoms with Crippen molar-refractivity contribution in [3.8, 4) is 0 Å². The molecule has 0 saturated heterocycles. The number of nitro groups is 2. The number of fused-ring (bicyclic) bond motifs is 1. The third kappa shape index (κ3) is 2.65. The number of halogens is 1. The van der Waals surface area contributed by atoms with Gasteiger partial charge in [0, 0.05) is 16.1 Å². The van der Waals surface area contributed by atoms with Gasteiger partial charge in [-0.05, 0) is 51.4 Å². The summed E-state index contributed by atoms with van der Waals surface area (Å²) < 4.78 is 5.05. The van der Waals surface area contributed by atoms with Crippen molar-refractivity contribution in [2.24, 2.45) is 0 Å². The highest BCUT2D eigenvalue weighted by Crippen LogP contribution is 2.37. The molecule has 0 aliphatic carbocycles. The van der Waals surface area contributed by atoms with Crippen LogP contribution in [0.4, 0.5) is 22.7 Å². The van der Waals surface area contributed by atoms with Gasteiger partial charge in [-0.2, -0.15) is 0 Å². The molecule has 3 aromatic rings. The van der Waals surface area contributed by atoms with E-state index in [1.807, 2.05) is 0 Å². The predicted molar refractivity (Wildman–Crippen MR) is 87.3 cm³/mol. The summed E-state index contributed by atoms with van der Waals surface area (Å²) in [5, 5.41) is 32.4. The minimum absolute atomic E-state index is 0.0114. The first-order chi connectivity index (χ1) is 11.4.